The number of nitrogens with zero attached hydrogens (tertiary/aromatic N) is 2. The molecule has 36 heavy (non-hydrogen) atoms. The van der Waals surface area contributed by atoms with Crippen LogP contribution in [0.5, 0.6) is 11.5 Å². The number of benzene rings is 2. The molecule has 0 saturated carbocycles. The number of rotatable bonds is 7. The van der Waals surface area contributed by atoms with Crippen LogP contribution in [-0.2, 0) is 26.8 Å². The molecule has 2 aliphatic rings. The van der Waals surface area contributed by atoms with E-state index in [2.05, 4.69) is 13.8 Å². The summed E-state index contributed by atoms with van der Waals surface area (Å²) in [4.78, 5) is 15.4. The van der Waals surface area contributed by atoms with Crippen LogP contribution in [0, 0.1) is 0 Å². The minimum Gasteiger partial charge on any atom is -0.486 e. The van der Waals surface area contributed by atoms with Crippen molar-refractivity contribution in [2.24, 2.45) is 0 Å². The zero-order valence-corrected chi connectivity index (χ0v) is 21.2. The van der Waals surface area contributed by atoms with Gasteiger partial charge in [-0.25, -0.2) is 8.42 Å². The van der Waals surface area contributed by atoms with Gasteiger partial charge in [-0.2, -0.15) is 4.31 Å². The van der Waals surface area contributed by atoms with Gasteiger partial charge in [0.25, 0.3) is 0 Å². The number of carbonyl (C=O) groups excluding carboxylic acids is 1. The van der Waals surface area contributed by atoms with E-state index in [0.29, 0.717) is 30.5 Å². The fourth-order valence-electron chi connectivity index (χ4n) is 4.77. The number of ether oxygens (including phenoxy) is 2. The van der Waals surface area contributed by atoms with Crippen molar-refractivity contribution in [1.29, 1.82) is 0 Å². The average molecular weight is 509 g/mol. The van der Waals surface area contributed by atoms with Gasteiger partial charge in [-0.1, -0.05) is 32.0 Å². The predicted molar refractivity (Wildman–Crippen MR) is 135 cm³/mol. The lowest BCUT2D eigenvalue weighted by atomic mass is 9.83. The number of allylic oxidation sites excluding steroid dienone is 1. The van der Waals surface area contributed by atoms with Crippen LogP contribution in [0.25, 0.3) is 0 Å². The van der Waals surface area contributed by atoms with Gasteiger partial charge in [-0.15, -0.1) is 0 Å². The molecule has 1 aromatic heterocycles. The van der Waals surface area contributed by atoms with Gasteiger partial charge < -0.3 is 18.8 Å². The van der Waals surface area contributed by atoms with E-state index in [1.807, 2.05) is 36.2 Å². The Kier molecular flexibility index (Phi) is 6.13. The first-order chi connectivity index (χ1) is 17.2. The van der Waals surface area contributed by atoms with Crippen molar-refractivity contribution in [2.75, 3.05) is 31.7 Å². The monoisotopic (exact) mass is 508 g/mol. The van der Waals surface area contributed by atoms with Crippen LogP contribution in [-0.4, -0.2) is 45.3 Å². The quantitative estimate of drug-likeness (QED) is 0.444. The van der Waals surface area contributed by atoms with Gasteiger partial charge in [0.05, 0.1) is 24.2 Å². The summed E-state index contributed by atoms with van der Waals surface area (Å²) in [7, 11) is -2.15. The van der Waals surface area contributed by atoms with Gasteiger partial charge in [0.15, 0.2) is 17.3 Å². The van der Waals surface area contributed by atoms with Gasteiger partial charge in [-0.3, -0.25) is 4.79 Å². The SMILES string of the molecule is CN1/C(=C/C(=O)CN(Cc2ccco2)S(=O)(=O)c2ccc3c(c2)OCCO3)C(C)(C)c2ccccc21. The van der Waals surface area contributed by atoms with Gasteiger partial charge in [0, 0.05) is 36.0 Å². The van der Waals surface area contributed by atoms with E-state index in [4.69, 9.17) is 13.9 Å². The number of furan rings is 1. The molecule has 2 aliphatic heterocycles. The van der Waals surface area contributed by atoms with Gasteiger partial charge in [0.1, 0.15) is 19.0 Å². The third-order valence-corrected chi connectivity index (χ3v) is 8.42. The fourth-order valence-corrected chi connectivity index (χ4v) is 6.15. The number of hydrogen-bond donors (Lipinski definition) is 0. The zero-order chi connectivity index (χ0) is 25.5. The molecule has 0 spiro atoms. The summed E-state index contributed by atoms with van der Waals surface area (Å²) >= 11 is 0. The van der Waals surface area contributed by atoms with Gasteiger partial charge >= 0.3 is 0 Å². The maximum atomic E-state index is 13.7. The van der Waals surface area contributed by atoms with Gasteiger partial charge in [-0.05, 0) is 35.9 Å². The molecule has 9 heteroatoms. The average Bonchev–Trinajstić information content (AvgIpc) is 3.45. The number of anilines is 1. The van der Waals surface area contributed by atoms with Gasteiger partial charge in [0.2, 0.25) is 10.0 Å². The summed E-state index contributed by atoms with van der Waals surface area (Å²) in [6.45, 7) is 4.42. The van der Waals surface area contributed by atoms with Crippen molar-refractivity contribution in [3.05, 3.63) is 84.0 Å². The predicted octanol–water partition coefficient (Wildman–Crippen LogP) is 4.12. The van der Waals surface area contributed by atoms with Crippen LogP contribution >= 0.6 is 0 Å². The smallest absolute Gasteiger partial charge is 0.244 e. The molecule has 0 amide bonds. The first-order valence-electron chi connectivity index (χ1n) is 11.7. The maximum absolute atomic E-state index is 13.7. The van der Waals surface area contributed by atoms with Crippen molar-refractivity contribution in [3.63, 3.8) is 0 Å². The molecule has 2 aromatic carbocycles. The summed E-state index contributed by atoms with van der Waals surface area (Å²) in [5, 5.41) is 0. The molecule has 3 heterocycles. The van der Waals surface area contributed by atoms with Crippen molar-refractivity contribution < 1.29 is 27.1 Å². The Hall–Kier alpha value is -3.56. The molecule has 188 valence electrons. The van der Waals surface area contributed by atoms with Crippen LogP contribution in [0.15, 0.2) is 81.9 Å². The number of hydrogen-bond acceptors (Lipinski definition) is 7. The Morgan fingerprint density at radius 1 is 1.06 bits per heavy atom. The fraction of sp³-hybridized carbons (Fsp3) is 0.296. The largest absolute Gasteiger partial charge is 0.486 e. The number of para-hydroxylation sites is 1. The maximum Gasteiger partial charge on any atom is 0.244 e. The van der Waals surface area contributed by atoms with Crippen molar-refractivity contribution in [3.8, 4) is 11.5 Å². The Bertz CT molecular complexity index is 1430. The first-order valence-corrected chi connectivity index (χ1v) is 13.1. The summed E-state index contributed by atoms with van der Waals surface area (Å²) < 4.78 is 45.0. The highest BCUT2D eigenvalue weighted by Crippen LogP contribution is 2.46. The van der Waals surface area contributed by atoms with E-state index in [0.717, 1.165) is 21.3 Å². The topological polar surface area (TPSA) is 89.3 Å². The van der Waals surface area contributed by atoms with Crippen LogP contribution in [0.2, 0.25) is 0 Å². The second kappa shape index (κ2) is 9.15. The number of sulfonamides is 1. The van der Waals surface area contributed by atoms with Crippen molar-refractivity contribution in [1.82, 2.24) is 4.31 Å². The molecular formula is C27H28N2O6S. The highest BCUT2D eigenvalue weighted by atomic mass is 32.2. The molecule has 0 saturated heterocycles. The van der Waals surface area contributed by atoms with Crippen LogP contribution in [0.4, 0.5) is 5.69 Å². The lowest BCUT2D eigenvalue weighted by Crippen LogP contribution is -2.35. The van der Waals surface area contributed by atoms with E-state index in [1.165, 1.54) is 18.4 Å². The van der Waals surface area contributed by atoms with Crippen LogP contribution in [0.3, 0.4) is 0 Å². The third-order valence-electron chi connectivity index (χ3n) is 6.63. The molecule has 0 fully saturated rings. The summed E-state index contributed by atoms with van der Waals surface area (Å²) in [6, 6.07) is 15.8. The zero-order valence-electron chi connectivity index (χ0n) is 20.4. The van der Waals surface area contributed by atoms with E-state index >= 15 is 0 Å². The second-order valence-electron chi connectivity index (χ2n) is 9.35. The van der Waals surface area contributed by atoms with E-state index < -0.39 is 15.4 Å². The Labute approximate surface area is 210 Å². The Morgan fingerprint density at radius 2 is 1.81 bits per heavy atom. The first kappa shape index (κ1) is 24.1. The lowest BCUT2D eigenvalue weighted by Gasteiger charge is -2.25. The molecule has 0 N–H and O–H groups in total. The molecule has 0 bridgehead atoms. The summed E-state index contributed by atoms with van der Waals surface area (Å²) in [5.74, 6) is 0.957. The number of likely N-dealkylation sites (N-methyl/N-ethyl adjacent to an activating group) is 1. The molecule has 0 atom stereocenters. The third kappa shape index (κ3) is 4.29. The van der Waals surface area contributed by atoms with Crippen LogP contribution in [0.1, 0.15) is 25.2 Å². The molecule has 5 rings (SSSR count). The minimum atomic E-state index is -4.06. The van der Waals surface area contributed by atoms with Crippen LogP contribution < -0.4 is 14.4 Å². The summed E-state index contributed by atoms with van der Waals surface area (Å²) in [5.41, 5.74) is 2.55. The van der Waals surface area contributed by atoms with Crippen molar-refractivity contribution >= 4 is 21.5 Å². The van der Waals surface area contributed by atoms with E-state index in [1.54, 1.807) is 24.3 Å². The highest BCUT2D eigenvalue weighted by molar-refractivity contribution is 7.89. The molecule has 3 aromatic rings. The lowest BCUT2D eigenvalue weighted by molar-refractivity contribution is -0.115. The van der Waals surface area contributed by atoms with E-state index in [9.17, 15) is 13.2 Å². The van der Waals surface area contributed by atoms with Crippen molar-refractivity contribution in [2.45, 2.75) is 30.7 Å². The number of ketones is 1. The Balaban J connectivity index is 1.46. The summed E-state index contributed by atoms with van der Waals surface area (Å²) in [6.07, 6.45) is 3.02. The molecule has 8 nitrogen and oxygen atoms in total. The molecular weight excluding hydrogens is 480 g/mol. The molecule has 0 aliphatic carbocycles. The number of carbonyl (C=O) groups is 1. The number of fused-ring (bicyclic) bond motifs is 2. The standard InChI is InChI=1S/C27H28N2O6S/c1-27(2)22-8-4-5-9-23(22)28(3)26(27)15-19(30)17-29(18-20-7-6-12-33-20)36(31,32)21-10-11-24-25(16-21)35-14-13-34-24/h4-12,15-16H,13-14,17-18H2,1-3H3/b26-15+. The normalized spacial score (nSPS) is 17.4. The van der Waals surface area contributed by atoms with E-state index in [-0.39, 0.29) is 23.8 Å². The second-order valence-corrected chi connectivity index (χ2v) is 11.3. The minimum absolute atomic E-state index is 0.0180. The highest BCUT2D eigenvalue weighted by Gasteiger charge is 2.39. The molecule has 0 unspecified atom stereocenters. The molecule has 0 radical (unpaired) electrons. The Morgan fingerprint density at radius 3 is 2.53 bits per heavy atom.